The molecule has 2 aromatic carbocycles. The summed E-state index contributed by atoms with van der Waals surface area (Å²) in [6.07, 6.45) is 6.11. The number of aromatic amines is 1. The number of carbonyl (C=O) groups is 1. The lowest BCUT2D eigenvalue weighted by atomic mass is 9.89. The smallest absolute Gasteiger partial charge is 0.319 e. The molecule has 1 heterocycles. The van der Waals surface area contributed by atoms with Crippen LogP contribution in [0.5, 0.6) is 0 Å². The van der Waals surface area contributed by atoms with Crippen molar-refractivity contribution in [2.24, 2.45) is 0 Å². The second-order valence-corrected chi connectivity index (χ2v) is 7.02. The third kappa shape index (κ3) is 3.69. The highest BCUT2D eigenvalue weighted by atomic mass is 16.2. The Morgan fingerprint density at radius 2 is 1.93 bits per heavy atom. The van der Waals surface area contributed by atoms with Crippen molar-refractivity contribution in [1.82, 2.24) is 15.3 Å². The van der Waals surface area contributed by atoms with Gasteiger partial charge in [-0.25, -0.2) is 9.78 Å². The van der Waals surface area contributed by atoms with Gasteiger partial charge in [-0.15, -0.1) is 0 Å². The van der Waals surface area contributed by atoms with Crippen LogP contribution in [-0.2, 0) is 12.8 Å². The van der Waals surface area contributed by atoms with E-state index in [1.54, 1.807) is 18.2 Å². The zero-order valence-electron chi connectivity index (χ0n) is 15.2. The molecule has 0 aliphatic heterocycles. The van der Waals surface area contributed by atoms with Gasteiger partial charge in [0.2, 0.25) is 0 Å². The number of urea groups is 1. The molecule has 1 aliphatic rings. The van der Waals surface area contributed by atoms with Gasteiger partial charge in [0.15, 0.2) is 0 Å². The SMILES string of the molecule is C[C@@H](NC(=O)Nc1ccc2nc[nH]c(=O)c2c1)c1ccc2c(c1)CCCC2. The zero-order valence-corrected chi connectivity index (χ0v) is 15.2. The fourth-order valence-corrected chi connectivity index (χ4v) is 3.62. The number of H-pyrrole nitrogens is 1. The van der Waals surface area contributed by atoms with E-state index in [9.17, 15) is 9.59 Å². The van der Waals surface area contributed by atoms with Gasteiger partial charge in [0.25, 0.3) is 5.56 Å². The molecule has 0 spiro atoms. The van der Waals surface area contributed by atoms with Crippen LogP contribution in [0, 0.1) is 0 Å². The fourth-order valence-electron chi connectivity index (χ4n) is 3.62. The maximum atomic E-state index is 12.4. The van der Waals surface area contributed by atoms with E-state index in [0.717, 1.165) is 18.4 Å². The van der Waals surface area contributed by atoms with Crippen LogP contribution >= 0.6 is 0 Å². The molecule has 6 nitrogen and oxygen atoms in total. The summed E-state index contributed by atoms with van der Waals surface area (Å²) in [7, 11) is 0. The standard InChI is InChI=1S/C21H22N4O2/c1-13(15-7-6-14-4-2-3-5-16(14)10-15)24-21(27)25-17-8-9-19-18(11-17)20(26)23-12-22-19/h6-13H,2-5H2,1H3,(H,22,23,26)(H2,24,25,27)/t13-/m1/s1. The Balaban J connectivity index is 1.46. The number of nitrogens with zero attached hydrogens (tertiary/aromatic N) is 1. The number of nitrogens with one attached hydrogen (secondary N) is 3. The van der Waals surface area contributed by atoms with E-state index in [-0.39, 0.29) is 17.6 Å². The Bertz CT molecular complexity index is 1060. The molecule has 3 aromatic rings. The number of benzene rings is 2. The molecule has 4 rings (SSSR count). The van der Waals surface area contributed by atoms with Crippen molar-refractivity contribution in [3.63, 3.8) is 0 Å². The first-order chi connectivity index (χ1) is 13.1. The third-order valence-electron chi connectivity index (χ3n) is 5.12. The Hall–Kier alpha value is -3.15. The minimum atomic E-state index is -0.306. The average molecular weight is 362 g/mol. The lowest BCUT2D eigenvalue weighted by molar-refractivity contribution is 0.249. The van der Waals surface area contributed by atoms with Crippen LogP contribution in [0.2, 0.25) is 0 Å². The highest BCUT2D eigenvalue weighted by Crippen LogP contribution is 2.25. The molecular weight excluding hydrogens is 340 g/mol. The Labute approximate surface area is 157 Å². The summed E-state index contributed by atoms with van der Waals surface area (Å²) < 4.78 is 0. The number of carbonyl (C=O) groups excluding carboxylic acids is 1. The third-order valence-corrected chi connectivity index (χ3v) is 5.12. The first-order valence-electron chi connectivity index (χ1n) is 9.27. The van der Waals surface area contributed by atoms with E-state index >= 15 is 0 Å². The fraction of sp³-hybridized carbons (Fsp3) is 0.286. The molecule has 6 heteroatoms. The number of rotatable bonds is 3. The summed E-state index contributed by atoms with van der Waals surface area (Å²) in [5.41, 5.74) is 4.84. The van der Waals surface area contributed by atoms with Crippen LogP contribution in [0.25, 0.3) is 10.9 Å². The van der Waals surface area contributed by atoms with E-state index in [0.29, 0.717) is 16.6 Å². The number of aromatic nitrogens is 2. The summed E-state index contributed by atoms with van der Waals surface area (Å²) >= 11 is 0. The number of amides is 2. The Morgan fingerprint density at radius 1 is 1.11 bits per heavy atom. The van der Waals surface area contributed by atoms with Gasteiger partial charge in [-0.3, -0.25) is 4.79 Å². The molecule has 0 unspecified atom stereocenters. The predicted molar refractivity (Wildman–Crippen MR) is 106 cm³/mol. The van der Waals surface area contributed by atoms with Gasteiger partial charge in [0, 0.05) is 5.69 Å². The largest absolute Gasteiger partial charge is 0.331 e. The molecule has 27 heavy (non-hydrogen) atoms. The number of anilines is 1. The van der Waals surface area contributed by atoms with Crippen LogP contribution < -0.4 is 16.2 Å². The molecule has 0 fully saturated rings. The number of fused-ring (bicyclic) bond motifs is 2. The zero-order chi connectivity index (χ0) is 18.8. The van der Waals surface area contributed by atoms with Gasteiger partial charge >= 0.3 is 6.03 Å². The first kappa shape index (κ1) is 17.3. The quantitative estimate of drug-likeness (QED) is 0.664. The van der Waals surface area contributed by atoms with Gasteiger partial charge in [-0.05, 0) is 67.5 Å². The van der Waals surface area contributed by atoms with E-state index in [4.69, 9.17) is 0 Å². The monoisotopic (exact) mass is 362 g/mol. The normalized spacial score (nSPS) is 14.4. The van der Waals surface area contributed by atoms with Crippen molar-refractivity contribution in [2.75, 3.05) is 5.32 Å². The van der Waals surface area contributed by atoms with Gasteiger partial charge in [0.05, 0.1) is 23.3 Å². The summed E-state index contributed by atoms with van der Waals surface area (Å²) in [6.45, 7) is 1.97. The molecule has 1 aromatic heterocycles. The van der Waals surface area contributed by atoms with Crippen molar-refractivity contribution >= 4 is 22.6 Å². The summed E-state index contributed by atoms with van der Waals surface area (Å²) in [6, 6.07) is 11.2. The Morgan fingerprint density at radius 3 is 2.78 bits per heavy atom. The van der Waals surface area contributed by atoms with Gasteiger partial charge < -0.3 is 15.6 Å². The lowest BCUT2D eigenvalue weighted by Gasteiger charge is -2.20. The van der Waals surface area contributed by atoms with E-state index in [2.05, 4.69) is 38.8 Å². The second kappa shape index (κ2) is 7.23. The van der Waals surface area contributed by atoms with Gasteiger partial charge in [0.1, 0.15) is 0 Å². The van der Waals surface area contributed by atoms with Crippen molar-refractivity contribution in [3.8, 4) is 0 Å². The lowest BCUT2D eigenvalue weighted by Crippen LogP contribution is -2.31. The molecule has 0 bridgehead atoms. The maximum absolute atomic E-state index is 12.4. The molecular formula is C21H22N4O2. The minimum Gasteiger partial charge on any atom is -0.331 e. The first-order valence-corrected chi connectivity index (χ1v) is 9.27. The summed E-state index contributed by atoms with van der Waals surface area (Å²) in [5.74, 6) is 0. The van der Waals surface area contributed by atoms with Crippen molar-refractivity contribution in [3.05, 3.63) is 69.8 Å². The molecule has 138 valence electrons. The van der Waals surface area contributed by atoms with E-state index in [1.807, 2.05) is 6.92 Å². The van der Waals surface area contributed by atoms with Crippen LogP contribution in [0.3, 0.4) is 0 Å². The van der Waals surface area contributed by atoms with E-state index in [1.165, 1.54) is 30.3 Å². The van der Waals surface area contributed by atoms with Crippen molar-refractivity contribution < 1.29 is 4.79 Å². The second-order valence-electron chi connectivity index (χ2n) is 7.02. The van der Waals surface area contributed by atoms with Crippen LogP contribution in [-0.4, -0.2) is 16.0 Å². The molecule has 0 saturated heterocycles. The molecule has 0 saturated carbocycles. The van der Waals surface area contributed by atoms with Crippen LogP contribution in [0.4, 0.5) is 10.5 Å². The summed E-state index contributed by atoms with van der Waals surface area (Å²) in [4.78, 5) is 30.9. The van der Waals surface area contributed by atoms with Crippen LogP contribution in [0.15, 0.2) is 47.5 Å². The van der Waals surface area contributed by atoms with Crippen molar-refractivity contribution in [2.45, 2.75) is 38.6 Å². The highest BCUT2D eigenvalue weighted by molar-refractivity contribution is 5.92. The number of hydrogen-bond acceptors (Lipinski definition) is 3. The summed E-state index contributed by atoms with van der Waals surface area (Å²) in [5, 5.41) is 6.20. The molecule has 2 amide bonds. The molecule has 3 N–H and O–H groups in total. The number of aryl methyl sites for hydroxylation is 2. The minimum absolute atomic E-state index is 0.109. The average Bonchev–Trinajstić information content (AvgIpc) is 2.68. The van der Waals surface area contributed by atoms with Crippen LogP contribution in [0.1, 0.15) is 42.5 Å². The molecule has 1 atom stereocenters. The van der Waals surface area contributed by atoms with E-state index < -0.39 is 0 Å². The van der Waals surface area contributed by atoms with Crippen molar-refractivity contribution in [1.29, 1.82) is 0 Å². The predicted octanol–water partition coefficient (Wildman–Crippen LogP) is 3.68. The topological polar surface area (TPSA) is 86.9 Å². The Kier molecular flexibility index (Phi) is 4.62. The highest BCUT2D eigenvalue weighted by Gasteiger charge is 2.14. The maximum Gasteiger partial charge on any atom is 0.319 e. The molecule has 0 radical (unpaired) electrons. The van der Waals surface area contributed by atoms with Gasteiger partial charge in [-0.2, -0.15) is 0 Å². The molecule has 1 aliphatic carbocycles. The van der Waals surface area contributed by atoms with Gasteiger partial charge in [-0.1, -0.05) is 18.2 Å². The number of hydrogen-bond donors (Lipinski definition) is 3.